The lowest BCUT2D eigenvalue weighted by molar-refractivity contribution is 0.0696. The third kappa shape index (κ3) is 4.61. The Hall–Kier alpha value is -3.23. The number of benzene rings is 3. The fourth-order valence-corrected chi connectivity index (χ4v) is 3.95. The van der Waals surface area contributed by atoms with Gasteiger partial charge in [-0.15, -0.1) is 0 Å². The van der Waals surface area contributed by atoms with Gasteiger partial charge in [0.25, 0.3) is 10.0 Å². The van der Waals surface area contributed by atoms with E-state index in [1.807, 2.05) is 0 Å². The zero-order valence-electron chi connectivity index (χ0n) is 15.1. The van der Waals surface area contributed by atoms with Crippen LogP contribution in [-0.2, 0) is 10.0 Å². The Labute approximate surface area is 172 Å². The van der Waals surface area contributed by atoms with Gasteiger partial charge < -0.3 is 14.6 Å². The lowest BCUT2D eigenvalue weighted by Crippen LogP contribution is -2.15. The number of ether oxygens (including phenoxy) is 2. The van der Waals surface area contributed by atoms with Gasteiger partial charge in [0.1, 0.15) is 16.4 Å². The van der Waals surface area contributed by atoms with Gasteiger partial charge in [0.05, 0.1) is 23.4 Å². The van der Waals surface area contributed by atoms with E-state index in [0.717, 1.165) is 6.07 Å². The summed E-state index contributed by atoms with van der Waals surface area (Å²) < 4.78 is 39.2. The number of aromatic carboxylic acids is 1. The first-order valence-corrected chi connectivity index (χ1v) is 10.1. The Morgan fingerprint density at radius 2 is 1.62 bits per heavy atom. The maximum absolute atomic E-state index is 13.0. The molecule has 2 N–H and O–H groups in total. The van der Waals surface area contributed by atoms with Gasteiger partial charge in [-0.2, -0.15) is 0 Å². The largest absolute Gasteiger partial charge is 0.495 e. The third-order valence-electron chi connectivity index (χ3n) is 3.89. The number of sulfonamides is 1. The Balaban J connectivity index is 1.99. The summed E-state index contributed by atoms with van der Waals surface area (Å²) in [5, 5.41) is 9.54. The summed E-state index contributed by atoms with van der Waals surface area (Å²) in [6.07, 6.45) is 0. The van der Waals surface area contributed by atoms with Gasteiger partial charge in [0.2, 0.25) is 0 Å². The summed E-state index contributed by atoms with van der Waals surface area (Å²) >= 11 is 6.11. The molecule has 9 heteroatoms. The molecule has 0 aliphatic carbocycles. The molecule has 29 heavy (non-hydrogen) atoms. The first-order valence-electron chi connectivity index (χ1n) is 8.27. The van der Waals surface area contributed by atoms with Gasteiger partial charge in [-0.05, 0) is 42.5 Å². The smallest absolute Gasteiger partial charge is 0.335 e. The second-order valence-electron chi connectivity index (χ2n) is 5.80. The highest BCUT2D eigenvalue weighted by molar-refractivity contribution is 7.92. The van der Waals surface area contributed by atoms with Crippen molar-refractivity contribution >= 4 is 33.3 Å². The molecule has 0 bridgehead atoms. The van der Waals surface area contributed by atoms with Crippen molar-refractivity contribution in [1.82, 2.24) is 0 Å². The molecule has 7 nitrogen and oxygen atoms in total. The van der Waals surface area contributed by atoms with Crippen LogP contribution in [0.2, 0.25) is 5.02 Å². The summed E-state index contributed by atoms with van der Waals surface area (Å²) in [5.74, 6) is -0.678. The van der Waals surface area contributed by atoms with Gasteiger partial charge >= 0.3 is 5.97 Å². The summed E-state index contributed by atoms with van der Waals surface area (Å²) in [6, 6.07) is 16.7. The van der Waals surface area contributed by atoms with Gasteiger partial charge in [0.15, 0.2) is 5.75 Å². The highest BCUT2D eigenvalue weighted by Crippen LogP contribution is 2.35. The van der Waals surface area contributed by atoms with Crippen molar-refractivity contribution in [2.45, 2.75) is 4.90 Å². The predicted octanol–water partition coefficient (Wildman–Crippen LogP) is 4.64. The molecule has 0 aliphatic rings. The Morgan fingerprint density at radius 3 is 2.28 bits per heavy atom. The van der Waals surface area contributed by atoms with Crippen LogP contribution in [0.1, 0.15) is 10.4 Å². The average molecular weight is 434 g/mol. The minimum Gasteiger partial charge on any atom is -0.495 e. The zero-order valence-corrected chi connectivity index (χ0v) is 16.7. The van der Waals surface area contributed by atoms with E-state index in [1.165, 1.54) is 25.3 Å². The minimum atomic E-state index is -4.19. The maximum atomic E-state index is 13.0. The number of rotatable bonds is 7. The molecule has 0 heterocycles. The number of methoxy groups -OCH3 is 1. The molecule has 0 radical (unpaired) electrons. The molecule has 0 unspecified atom stereocenters. The quantitative estimate of drug-likeness (QED) is 0.562. The Morgan fingerprint density at radius 1 is 0.966 bits per heavy atom. The molecule has 0 saturated heterocycles. The monoisotopic (exact) mass is 433 g/mol. The van der Waals surface area contributed by atoms with E-state index in [9.17, 15) is 18.3 Å². The number of carboxylic acids is 1. The van der Waals surface area contributed by atoms with Crippen molar-refractivity contribution in [2.24, 2.45) is 0 Å². The first-order chi connectivity index (χ1) is 13.8. The SMILES string of the molecule is COc1ccc(C(=O)O)cc1S(=O)(=O)Nc1ccccc1Oc1ccccc1Cl. The molecule has 0 spiro atoms. The summed E-state index contributed by atoms with van der Waals surface area (Å²) in [7, 11) is -2.89. The first kappa shape index (κ1) is 20.5. The zero-order chi connectivity index (χ0) is 21.0. The van der Waals surface area contributed by atoms with Crippen LogP contribution in [0.15, 0.2) is 71.6 Å². The molecule has 0 saturated carbocycles. The van der Waals surface area contributed by atoms with Crippen LogP contribution in [0.4, 0.5) is 5.69 Å². The fraction of sp³-hybridized carbons (Fsp3) is 0.0500. The number of hydrogen-bond donors (Lipinski definition) is 2. The average Bonchev–Trinajstić information content (AvgIpc) is 2.70. The van der Waals surface area contributed by atoms with Crippen LogP contribution in [0.5, 0.6) is 17.2 Å². The van der Waals surface area contributed by atoms with Crippen LogP contribution in [-0.4, -0.2) is 26.6 Å². The van der Waals surface area contributed by atoms with Crippen molar-refractivity contribution < 1.29 is 27.8 Å². The highest BCUT2D eigenvalue weighted by Gasteiger charge is 2.23. The van der Waals surface area contributed by atoms with Crippen molar-refractivity contribution in [3.8, 4) is 17.2 Å². The van der Waals surface area contributed by atoms with Crippen LogP contribution in [0.3, 0.4) is 0 Å². The predicted molar refractivity (Wildman–Crippen MR) is 109 cm³/mol. The molecule has 150 valence electrons. The van der Waals surface area contributed by atoms with Crippen molar-refractivity contribution in [3.05, 3.63) is 77.3 Å². The van der Waals surface area contributed by atoms with E-state index in [0.29, 0.717) is 10.8 Å². The normalized spacial score (nSPS) is 11.0. The molecular weight excluding hydrogens is 418 g/mol. The van der Waals surface area contributed by atoms with Crippen molar-refractivity contribution in [3.63, 3.8) is 0 Å². The molecule has 0 atom stereocenters. The number of nitrogens with one attached hydrogen (secondary N) is 1. The number of anilines is 1. The molecule has 3 aromatic rings. The van der Waals surface area contributed by atoms with E-state index in [1.54, 1.807) is 42.5 Å². The van der Waals surface area contributed by atoms with Crippen LogP contribution in [0.25, 0.3) is 0 Å². The second-order valence-corrected chi connectivity index (χ2v) is 7.86. The molecule has 0 amide bonds. The lowest BCUT2D eigenvalue weighted by Gasteiger charge is -2.15. The minimum absolute atomic E-state index is 0.00648. The van der Waals surface area contributed by atoms with E-state index in [4.69, 9.17) is 21.1 Å². The molecule has 0 aromatic heterocycles. The van der Waals surface area contributed by atoms with Crippen LogP contribution < -0.4 is 14.2 Å². The molecule has 0 aliphatic heterocycles. The third-order valence-corrected chi connectivity index (χ3v) is 5.59. The van der Waals surface area contributed by atoms with Gasteiger partial charge in [-0.3, -0.25) is 4.72 Å². The summed E-state index contributed by atoms with van der Waals surface area (Å²) in [5.41, 5.74) is -0.0398. The number of hydrogen-bond acceptors (Lipinski definition) is 5. The number of para-hydroxylation sites is 3. The molecule has 0 fully saturated rings. The van der Waals surface area contributed by atoms with Gasteiger partial charge in [-0.25, -0.2) is 13.2 Å². The van der Waals surface area contributed by atoms with E-state index in [2.05, 4.69) is 4.72 Å². The van der Waals surface area contributed by atoms with E-state index < -0.39 is 16.0 Å². The Kier molecular flexibility index (Phi) is 5.95. The topological polar surface area (TPSA) is 102 Å². The van der Waals surface area contributed by atoms with Crippen molar-refractivity contribution in [1.29, 1.82) is 0 Å². The Bertz CT molecular complexity index is 1160. The second kappa shape index (κ2) is 8.42. The molecular formula is C20H16ClNO6S. The fourth-order valence-electron chi connectivity index (χ4n) is 2.51. The standard InChI is InChI=1S/C20H16ClNO6S/c1-27-18-11-10-13(20(23)24)12-19(18)29(25,26)22-15-7-3-5-9-17(15)28-16-8-4-2-6-14(16)21/h2-12,22H,1H3,(H,23,24). The number of halogens is 1. The molecule has 3 aromatic carbocycles. The summed E-state index contributed by atoms with van der Waals surface area (Å²) in [4.78, 5) is 10.9. The number of carbonyl (C=O) groups is 1. The van der Waals surface area contributed by atoms with Gasteiger partial charge in [-0.1, -0.05) is 35.9 Å². The highest BCUT2D eigenvalue weighted by atomic mass is 35.5. The van der Waals surface area contributed by atoms with Crippen molar-refractivity contribution in [2.75, 3.05) is 11.8 Å². The molecule has 3 rings (SSSR count). The number of carboxylic acid groups (broad SMARTS) is 1. The van der Waals surface area contributed by atoms with Crippen LogP contribution in [0, 0.1) is 0 Å². The van der Waals surface area contributed by atoms with E-state index >= 15 is 0 Å². The van der Waals surface area contributed by atoms with Crippen LogP contribution >= 0.6 is 11.6 Å². The van der Waals surface area contributed by atoms with E-state index in [-0.39, 0.29) is 27.6 Å². The lowest BCUT2D eigenvalue weighted by atomic mass is 10.2. The summed E-state index contributed by atoms with van der Waals surface area (Å²) in [6.45, 7) is 0. The maximum Gasteiger partial charge on any atom is 0.335 e. The van der Waals surface area contributed by atoms with Gasteiger partial charge in [0, 0.05) is 0 Å².